The quantitative estimate of drug-likeness (QED) is 0.565. The summed E-state index contributed by atoms with van der Waals surface area (Å²) in [4.78, 5) is 11.4. The second-order valence-corrected chi connectivity index (χ2v) is 5.14. The highest BCUT2D eigenvalue weighted by Crippen LogP contribution is 2.20. The van der Waals surface area contributed by atoms with Crippen LogP contribution in [0.1, 0.15) is 45.4 Å². The van der Waals surface area contributed by atoms with Crippen molar-refractivity contribution in [2.45, 2.75) is 51.6 Å². The molecule has 100 valence electrons. The Bertz CT molecular complexity index is 217. The lowest BCUT2D eigenvalue weighted by Gasteiger charge is -2.22. The smallest absolute Gasteiger partial charge is 0.224 e. The molecule has 1 amide bonds. The first-order valence-corrected chi connectivity index (χ1v) is 7.22. The second kappa shape index (κ2) is 8.76. The number of halogens is 1. The van der Waals surface area contributed by atoms with E-state index in [1.54, 1.807) is 0 Å². The minimum atomic E-state index is -0.101. The Kier molecular flexibility index (Phi) is 7.62. The summed E-state index contributed by atoms with van der Waals surface area (Å²) < 4.78 is 5.77. The summed E-state index contributed by atoms with van der Waals surface area (Å²) in [6, 6.07) is 0. The van der Waals surface area contributed by atoms with E-state index in [1.165, 1.54) is 32.1 Å². The van der Waals surface area contributed by atoms with Gasteiger partial charge in [-0.25, -0.2) is 0 Å². The molecule has 0 heterocycles. The summed E-state index contributed by atoms with van der Waals surface area (Å²) in [5.74, 6) is 0.318. The highest BCUT2D eigenvalue weighted by atomic mass is 35.5. The van der Waals surface area contributed by atoms with E-state index in [1.807, 2.05) is 6.92 Å². The average molecular weight is 262 g/mol. The minimum Gasteiger partial charge on any atom is -0.378 e. The van der Waals surface area contributed by atoms with Crippen molar-refractivity contribution in [1.29, 1.82) is 0 Å². The molecule has 0 saturated heterocycles. The summed E-state index contributed by atoms with van der Waals surface area (Å²) in [5, 5.41) is 2.87. The van der Waals surface area contributed by atoms with Crippen LogP contribution in [0.4, 0.5) is 0 Å². The van der Waals surface area contributed by atoms with Crippen molar-refractivity contribution in [2.24, 2.45) is 5.92 Å². The van der Waals surface area contributed by atoms with Crippen molar-refractivity contribution in [3.63, 3.8) is 0 Å². The third kappa shape index (κ3) is 6.27. The Morgan fingerprint density at radius 3 is 2.76 bits per heavy atom. The Balaban J connectivity index is 1.95. The number of nitrogens with one attached hydrogen (secondary N) is 1. The van der Waals surface area contributed by atoms with Crippen LogP contribution in [0.15, 0.2) is 0 Å². The van der Waals surface area contributed by atoms with Crippen molar-refractivity contribution in [2.75, 3.05) is 19.0 Å². The molecule has 1 aliphatic rings. The van der Waals surface area contributed by atoms with E-state index in [4.69, 9.17) is 16.3 Å². The Hall–Kier alpha value is -0.280. The third-order valence-electron chi connectivity index (χ3n) is 3.21. The fourth-order valence-corrected chi connectivity index (χ4v) is 2.15. The van der Waals surface area contributed by atoms with Gasteiger partial charge in [-0.3, -0.25) is 4.79 Å². The molecule has 1 saturated carbocycles. The molecule has 1 aliphatic carbocycles. The number of alkyl halides is 1. The van der Waals surface area contributed by atoms with Crippen molar-refractivity contribution >= 4 is 17.5 Å². The Labute approximate surface area is 109 Å². The lowest BCUT2D eigenvalue weighted by Crippen LogP contribution is -2.31. The number of rotatable bonds is 7. The van der Waals surface area contributed by atoms with E-state index in [2.05, 4.69) is 5.32 Å². The van der Waals surface area contributed by atoms with E-state index in [0.29, 0.717) is 18.5 Å². The minimum absolute atomic E-state index is 0.0395. The molecule has 1 N–H and O–H groups in total. The summed E-state index contributed by atoms with van der Waals surface area (Å²) in [6.07, 6.45) is 7.71. The average Bonchev–Trinajstić information content (AvgIpc) is 2.38. The fourth-order valence-electron chi connectivity index (χ4n) is 2.01. The first-order valence-electron chi connectivity index (χ1n) is 6.69. The van der Waals surface area contributed by atoms with Crippen LogP contribution in [-0.4, -0.2) is 31.0 Å². The van der Waals surface area contributed by atoms with Crippen molar-refractivity contribution in [3.8, 4) is 0 Å². The molecule has 17 heavy (non-hydrogen) atoms. The van der Waals surface area contributed by atoms with Gasteiger partial charge in [0.05, 0.1) is 6.10 Å². The molecule has 0 aromatic carbocycles. The van der Waals surface area contributed by atoms with Crippen LogP contribution in [0.2, 0.25) is 0 Å². The highest BCUT2D eigenvalue weighted by Gasteiger charge is 2.13. The predicted octanol–water partition coefficient (Wildman–Crippen LogP) is 2.72. The van der Waals surface area contributed by atoms with Crippen LogP contribution in [0, 0.1) is 5.92 Å². The molecule has 0 aromatic heterocycles. The van der Waals surface area contributed by atoms with Crippen LogP contribution in [0.5, 0.6) is 0 Å². The number of carbonyl (C=O) groups is 1. The van der Waals surface area contributed by atoms with Gasteiger partial charge in [0.2, 0.25) is 5.91 Å². The SMILES string of the molecule is CC(CCl)C(=O)NCCCOC1CCCCC1. The molecule has 3 nitrogen and oxygen atoms in total. The van der Waals surface area contributed by atoms with Crippen LogP contribution in [0.25, 0.3) is 0 Å². The standard InChI is InChI=1S/C13H24ClNO2/c1-11(10-14)13(16)15-8-5-9-17-12-6-3-2-4-7-12/h11-12H,2-10H2,1H3,(H,15,16). The highest BCUT2D eigenvalue weighted by molar-refractivity contribution is 6.19. The van der Waals surface area contributed by atoms with Gasteiger partial charge in [0.15, 0.2) is 0 Å². The van der Waals surface area contributed by atoms with E-state index in [9.17, 15) is 4.79 Å². The van der Waals surface area contributed by atoms with Gasteiger partial charge in [-0.15, -0.1) is 11.6 Å². The second-order valence-electron chi connectivity index (χ2n) is 4.83. The number of hydrogen-bond donors (Lipinski definition) is 1. The number of amides is 1. The van der Waals surface area contributed by atoms with Crippen LogP contribution in [0.3, 0.4) is 0 Å². The van der Waals surface area contributed by atoms with E-state index in [0.717, 1.165) is 13.0 Å². The topological polar surface area (TPSA) is 38.3 Å². The zero-order chi connectivity index (χ0) is 12.5. The van der Waals surface area contributed by atoms with Gasteiger partial charge < -0.3 is 10.1 Å². The number of carbonyl (C=O) groups excluding carboxylic acids is 1. The van der Waals surface area contributed by atoms with Crippen molar-refractivity contribution < 1.29 is 9.53 Å². The Morgan fingerprint density at radius 1 is 1.41 bits per heavy atom. The van der Waals surface area contributed by atoms with E-state index < -0.39 is 0 Å². The molecule has 1 fully saturated rings. The molecule has 0 aromatic rings. The predicted molar refractivity (Wildman–Crippen MR) is 70.3 cm³/mol. The van der Waals surface area contributed by atoms with E-state index in [-0.39, 0.29) is 11.8 Å². The van der Waals surface area contributed by atoms with Gasteiger partial charge in [0, 0.05) is 24.9 Å². The summed E-state index contributed by atoms with van der Waals surface area (Å²) in [6.45, 7) is 3.27. The molecule has 0 radical (unpaired) electrons. The first-order chi connectivity index (χ1) is 8.24. The van der Waals surface area contributed by atoms with Crippen LogP contribution < -0.4 is 5.32 Å². The fraction of sp³-hybridized carbons (Fsp3) is 0.923. The van der Waals surface area contributed by atoms with Crippen LogP contribution in [-0.2, 0) is 9.53 Å². The maximum absolute atomic E-state index is 11.4. The zero-order valence-electron chi connectivity index (χ0n) is 10.7. The van der Waals surface area contributed by atoms with Crippen molar-refractivity contribution in [3.05, 3.63) is 0 Å². The molecule has 0 spiro atoms. The molecule has 0 bridgehead atoms. The molecule has 1 rings (SSSR count). The summed E-state index contributed by atoms with van der Waals surface area (Å²) >= 11 is 5.60. The third-order valence-corrected chi connectivity index (χ3v) is 3.67. The molecule has 4 heteroatoms. The van der Waals surface area contributed by atoms with Gasteiger partial charge >= 0.3 is 0 Å². The molecular weight excluding hydrogens is 238 g/mol. The van der Waals surface area contributed by atoms with Gasteiger partial charge in [-0.05, 0) is 19.3 Å². The molecule has 1 atom stereocenters. The van der Waals surface area contributed by atoms with Gasteiger partial charge in [0.25, 0.3) is 0 Å². The Morgan fingerprint density at radius 2 is 2.12 bits per heavy atom. The monoisotopic (exact) mass is 261 g/mol. The largest absolute Gasteiger partial charge is 0.378 e. The molecular formula is C13H24ClNO2. The maximum atomic E-state index is 11.4. The van der Waals surface area contributed by atoms with Gasteiger partial charge in [0.1, 0.15) is 0 Å². The normalized spacial score (nSPS) is 18.9. The van der Waals surface area contributed by atoms with E-state index >= 15 is 0 Å². The summed E-state index contributed by atoms with van der Waals surface area (Å²) in [7, 11) is 0. The van der Waals surface area contributed by atoms with Crippen LogP contribution >= 0.6 is 11.6 Å². The van der Waals surface area contributed by atoms with Crippen molar-refractivity contribution in [1.82, 2.24) is 5.32 Å². The summed E-state index contributed by atoms with van der Waals surface area (Å²) in [5.41, 5.74) is 0. The van der Waals surface area contributed by atoms with Gasteiger partial charge in [-0.1, -0.05) is 26.2 Å². The lowest BCUT2D eigenvalue weighted by atomic mass is 9.98. The number of hydrogen-bond acceptors (Lipinski definition) is 2. The lowest BCUT2D eigenvalue weighted by molar-refractivity contribution is -0.123. The van der Waals surface area contributed by atoms with Gasteiger partial charge in [-0.2, -0.15) is 0 Å². The zero-order valence-corrected chi connectivity index (χ0v) is 11.5. The number of ether oxygens (including phenoxy) is 1. The molecule has 0 aliphatic heterocycles. The molecule has 1 unspecified atom stereocenters. The first kappa shape index (κ1) is 14.8. The maximum Gasteiger partial charge on any atom is 0.224 e.